The highest BCUT2D eigenvalue weighted by atomic mass is 35.5. The zero-order chi connectivity index (χ0) is 17.1. The molecule has 0 unspecified atom stereocenters. The molecule has 0 fully saturated rings. The molecule has 0 aliphatic heterocycles. The third-order valence-electron chi connectivity index (χ3n) is 3.86. The molecular formula is C16H17Cl2NO3S. The fourth-order valence-electron chi connectivity index (χ4n) is 2.47. The van der Waals surface area contributed by atoms with Crippen LogP contribution in [0.1, 0.15) is 11.1 Å². The zero-order valence-corrected chi connectivity index (χ0v) is 14.6. The van der Waals surface area contributed by atoms with Crippen molar-refractivity contribution in [2.45, 2.75) is 17.6 Å². The highest BCUT2D eigenvalue weighted by Crippen LogP contribution is 2.31. The Morgan fingerprint density at radius 3 is 1.61 bits per heavy atom. The van der Waals surface area contributed by atoms with E-state index in [2.05, 4.69) is 0 Å². The van der Waals surface area contributed by atoms with Crippen LogP contribution in [0.15, 0.2) is 48.5 Å². The van der Waals surface area contributed by atoms with Gasteiger partial charge in [0.2, 0.25) is 0 Å². The van der Waals surface area contributed by atoms with Crippen LogP contribution in [0.5, 0.6) is 0 Å². The smallest absolute Gasteiger partial charge is 0.272 e. The molecule has 0 saturated heterocycles. The van der Waals surface area contributed by atoms with E-state index in [9.17, 15) is 13.0 Å². The molecule has 0 spiro atoms. The van der Waals surface area contributed by atoms with Crippen LogP contribution in [0.25, 0.3) is 0 Å². The van der Waals surface area contributed by atoms with Crippen LogP contribution in [-0.2, 0) is 23.0 Å². The molecule has 2 aromatic carbocycles. The van der Waals surface area contributed by atoms with Gasteiger partial charge in [0, 0.05) is 16.6 Å². The van der Waals surface area contributed by atoms with E-state index in [1.807, 2.05) is 0 Å². The molecule has 0 atom stereocenters. The minimum atomic E-state index is -4.45. The molecule has 3 N–H and O–H groups in total. The van der Waals surface area contributed by atoms with E-state index < -0.39 is 14.9 Å². The molecule has 2 rings (SSSR count). The third-order valence-corrected chi connectivity index (χ3v) is 6.15. The van der Waals surface area contributed by atoms with Gasteiger partial charge in [-0.25, -0.2) is 0 Å². The predicted molar refractivity (Wildman–Crippen MR) is 93.6 cm³/mol. The summed E-state index contributed by atoms with van der Waals surface area (Å²) in [5.41, 5.74) is 6.97. The van der Waals surface area contributed by atoms with Crippen LogP contribution in [0, 0.1) is 0 Å². The average molecular weight is 374 g/mol. The molecule has 23 heavy (non-hydrogen) atoms. The molecule has 124 valence electrons. The Bertz CT molecular complexity index is 746. The summed E-state index contributed by atoms with van der Waals surface area (Å²) < 4.78 is 32.5. The molecule has 0 heterocycles. The van der Waals surface area contributed by atoms with Gasteiger partial charge in [0.1, 0.15) is 4.75 Å². The van der Waals surface area contributed by atoms with E-state index in [1.165, 1.54) is 0 Å². The van der Waals surface area contributed by atoms with Gasteiger partial charge in [-0.2, -0.15) is 8.42 Å². The van der Waals surface area contributed by atoms with Crippen molar-refractivity contribution in [3.63, 3.8) is 0 Å². The summed E-state index contributed by atoms with van der Waals surface area (Å²) in [5.74, 6) is 0. The Kier molecular flexibility index (Phi) is 5.70. The summed E-state index contributed by atoms with van der Waals surface area (Å²) in [7, 11) is -4.45. The van der Waals surface area contributed by atoms with Crippen molar-refractivity contribution in [1.29, 1.82) is 0 Å². The SMILES string of the molecule is NCC(Cc1ccccc1Cl)(Cc1ccccc1Cl)S(=O)(=O)O. The standard InChI is InChI=1S/C16H17Cl2NO3S/c17-14-7-3-1-5-12(14)9-16(11-19,23(20,21)22)10-13-6-2-4-8-15(13)18/h1-8H,9-11,19H2,(H,20,21,22). The summed E-state index contributed by atoms with van der Waals surface area (Å²) in [5, 5.41) is 0.848. The summed E-state index contributed by atoms with van der Waals surface area (Å²) in [6.45, 7) is -0.262. The van der Waals surface area contributed by atoms with E-state index in [1.54, 1.807) is 48.5 Å². The summed E-state index contributed by atoms with van der Waals surface area (Å²) in [4.78, 5) is 0. The lowest BCUT2D eigenvalue weighted by molar-refractivity contribution is 0.417. The molecule has 0 saturated carbocycles. The van der Waals surface area contributed by atoms with Crippen molar-refractivity contribution in [2.75, 3.05) is 6.54 Å². The lowest BCUT2D eigenvalue weighted by atomic mass is 9.91. The van der Waals surface area contributed by atoms with Gasteiger partial charge in [-0.1, -0.05) is 59.6 Å². The van der Waals surface area contributed by atoms with Crippen LogP contribution in [0.2, 0.25) is 10.0 Å². The second-order valence-corrected chi connectivity index (χ2v) is 8.03. The molecule has 0 aliphatic carbocycles. The number of rotatable bonds is 6. The lowest BCUT2D eigenvalue weighted by Crippen LogP contribution is -2.49. The van der Waals surface area contributed by atoms with Gasteiger partial charge >= 0.3 is 0 Å². The van der Waals surface area contributed by atoms with Crippen LogP contribution in [0.3, 0.4) is 0 Å². The minimum Gasteiger partial charge on any atom is -0.329 e. The molecule has 0 amide bonds. The van der Waals surface area contributed by atoms with Crippen LogP contribution in [-0.4, -0.2) is 24.3 Å². The van der Waals surface area contributed by atoms with Crippen LogP contribution >= 0.6 is 23.2 Å². The topological polar surface area (TPSA) is 80.4 Å². The maximum Gasteiger partial charge on any atom is 0.272 e. The fraction of sp³-hybridized carbons (Fsp3) is 0.250. The Labute approximate surface area is 146 Å². The largest absolute Gasteiger partial charge is 0.329 e. The molecule has 0 aromatic heterocycles. The summed E-state index contributed by atoms with van der Waals surface area (Å²) in [6, 6.07) is 13.8. The van der Waals surface area contributed by atoms with Crippen molar-refractivity contribution in [3.8, 4) is 0 Å². The highest BCUT2D eigenvalue weighted by molar-refractivity contribution is 7.87. The van der Waals surface area contributed by atoms with E-state index in [-0.39, 0.29) is 19.4 Å². The fourth-order valence-corrected chi connectivity index (χ4v) is 3.76. The maximum atomic E-state index is 12.1. The molecular weight excluding hydrogens is 357 g/mol. The predicted octanol–water partition coefficient (Wildman–Crippen LogP) is 3.36. The van der Waals surface area contributed by atoms with Crippen molar-refractivity contribution < 1.29 is 13.0 Å². The average Bonchev–Trinajstić information content (AvgIpc) is 2.49. The van der Waals surface area contributed by atoms with E-state index in [0.29, 0.717) is 21.2 Å². The van der Waals surface area contributed by atoms with Crippen LogP contribution < -0.4 is 5.73 Å². The van der Waals surface area contributed by atoms with Crippen LogP contribution in [0.4, 0.5) is 0 Å². The number of benzene rings is 2. The first-order valence-electron chi connectivity index (χ1n) is 6.93. The van der Waals surface area contributed by atoms with E-state index in [0.717, 1.165) is 0 Å². The van der Waals surface area contributed by atoms with Crippen molar-refractivity contribution in [2.24, 2.45) is 5.73 Å². The van der Waals surface area contributed by atoms with Gasteiger partial charge in [-0.15, -0.1) is 0 Å². The number of hydrogen-bond donors (Lipinski definition) is 2. The normalized spacial score (nSPS) is 12.3. The number of halogens is 2. The first kappa shape index (κ1) is 18.2. The molecule has 4 nitrogen and oxygen atoms in total. The van der Waals surface area contributed by atoms with Crippen molar-refractivity contribution in [1.82, 2.24) is 0 Å². The monoisotopic (exact) mass is 373 g/mol. The van der Waals surface area contributed by atoms with Gasteiger partial charge in [0.15, 0.2) is 0 Å². The summed E-state index contributed by atoms with van der Waals surface area (Å²) >= 11 is 12.3. The molecule has 0 radical (unpaired) electrons. The van der Waals surface area contributed by atoms with Gasteiger partial charge in [0.05, 0.1) is 0 Å². The molecule has 7 heteroatoms. The lowest BCUT2D eigenvalue weighted by Gasteiger charge is -2.30. The quantitative estimate of drug-likeness (QED) is 0.760. The second-order valence-electron chi connectivity index (χ2n) is 5.40. The Balaban J connectivity index is 2.49. The van der Waals surface area contributed by atoms with Gasteiger partial charge in [-0.3, -0.25) is 4.55 Å². The van der Waals surface area contributed by atoms with Crippen molar-refractivity contribution >= 4 is 33.3 Å². The van der Waals surface area contributed by atoms with Gasteiger partial charge in [-0.05, 0) is 36.1 Å². The zero-order valence-electron chi connectivity index (χ0n) is 12.2. The summed E-state index contributed by atoms with van der Waals surface area (Å²) in [6.07, 6.45) is -0.0134. The maximum absolute atomic E-state index is 12.1. The van der Waals surface area contributed by atoms with Crippen molar-refractivity contribution in [3.05, 3.63) is 69.7 Å². The number of nitrogens with two attached hydrogens (primary N) is 1. The first-order chi connectivity index (χ1) is 10.8. The minimum absolute atomic E-state index is 0.00672. The number of hydrogen-bond acceptors (Lipinski definition) is 3. The Morgan fingerprint density at radius 1 is 0.913 bits per heavy atom. The molecule has 0 bridgehead atoms. The highest BCUT2D eigenvalue weighted by Gasteiger charge is 2.42. The van der Waals surface area contributed by atoms with Gasteiger partial charge < -0.3 is 5.73 Å². The molecule has 2 aromatic rings. The molecule has 0 aliphatic rings. The third kappa shape index (κ3) is 4.05. The van der Waals surface area contributed by atoms with E-state index in [4.69, 9.17) is 28.9 Å². The van der Waals surface area contributed by atoms with E-state index >= 15 is 0 Å². The Morgan fingerprint density at radius 2 is 1.30 bits per heavy atom. The second kappa shape index (κ2) is 7.20. The Hall–Kier alpha value is -1.11. The van der Waals surface area contributed by atoms with Gasteiger partial charge in [0.25, 0.3) is 10.1 Å². The first-order valence-corrected chi connectivity index (χ1v) is 9.12.